The number of hydrogen-bond donors (Lipinski definition) is 1. The van der Waals surface area contributed by atoms with E-state index in [1.54, 1.807) is 12.1 Å². The molecule has 0 saturated heterocycles. The lowest BCUT2D eigenvalue weighted by Gasteiger charge is -2.23. The van der Waals surface area contributed by atoms with E-state index < -0.39 is 10.0 Å². The second kappa shape index (κ2) is 7.10. The van der Waals surface area contributed by atoms with Gasteiger partial charge in [0.2, 0.25) is 15.9 Å². The van der Waals surface area contributed by atoms with E-state index in [2.05, 4.69) is 10.3 Å². The number of benzene rings is 1. The third kappa shape index (κ3) is 4.77. The van der Waals surface area contributed by atoms with Crippen LogP contribution in [0.15, 0.2) is 29.6 Å². The number of anilines is 1. The van der Waals surface area contributed by atoms with Gasteiger partial charge in [-0.05, 0) is 25.5 Å². The molecule has 1 heterocycles. The van der Waals surface area contributed by atoms with Crippen LogP contribution in [0.4, 0.5) is 5.69 Å². The first kappa shape index (κ1) is 17.4. The van der Waals surface area contributed by atoms with Crippen LogP contribution in [-0.2, 0) is 21.4 Å². The third-order valence-electron chi connectivity index (χ3n) is 3.18. The first-order chi connectivity index (χ1) is 10.8. The van der Waals surface area contributed by atoms with Crippen LogP contribution in [0.5, 0.6) is 0 Å². The first-order valence-electron chi connectivity index (χ1n) is 6.98. The fourth-order valence-corrected chi connectivity index (χ4v) is 3.69. The number of aromatic nitrogens is 1. The number of thiazole rings is 1. The van der Waals surface area contributed by atoms with Gasteiger partial charge in [0.25, 0.3) is 0 Å². The highest BCUT2D eigenvalue weighted by Gasteiger charge is 2.22. The summed E-state index contributed by atoms with van der Waals surface area (Å²) in [6.07, 6.45) is 1.09. The molecule has 0 fully saturated rings. The number of rotatable bonds is 6. The first-order valence-corrected chi connectivity index (χ1v) is 9.71. The van der Waals surface area contributed by atoms with Crippen LogP contribution in [0.3, 0.4) is 0 Å². The van der Waals surface area contributed by atoms with E-state index in [1.807, 2.05) is 31.4 Å². The predicted molar refractivity (Wildman–Crippen MR) is 92.1 cm³/mol. The maximum Gasteiger partial charge on any atom is 0.241 e. The quantitative estimate of drug-likeness (QED) is 0.859. The van der Waals surface area contributed by atoms with Crippen LogP contribution in [0.2, 0.25) is 0 Å². The monoisotopic (exact) mass is 353 g/mol. The molecule has 1 aromatic heterocycles. The lowest BCUT2D eigenvalue weighted by atomic mass is 10.2. The Balaban J connectivity index is 2.09. The van der Waals surface area contributed by atoms with Gasteiger partial charge in [-0.1, -0.05) is 18.2 Å². The third-order valence-corrected chi connectivity index (χ3v) is 5.27. The normalized spacial score (nSPS) is 11.3. The molecule has 124 valence electrons. The lowest BCUT2D eigenvalue weighted by Crippen LogP contribution is -2.40. The number of nitrogens with one attached hydrogen (secondary N) is 1. The molecule has 1 amide bonds. The molecule has 0 saturated carbocycles. The molecule has 1 aromatic carbocycles. The Morgan fingerprint density at radius 3 is 2.57 bits per heavy atom. The zero-order valence-corrected chi connectivity index (χ0v) is 14.9. The smallest absolute Gasteiger partial charge is 0.241 e. The van der Waals surface area contributed by atoms with Gasteiger partial charge in [0.05, 0.1) is 18.5 Å². The molecule has 6 nitrogen and oxygen atoms in total. The Labute approximate surface area is 140 Å². The Hall–Kier alpha value is -1.93. The maximum absolute atomic E-state index is 12.1. The van der Waals surface area contributed by atoms with Gasteiger partial charge < -0.3 is 5.32 Å². The minimum Gasteiger partial charge on any atom is -0.348 e. The molecule has 0 spiro atoms. The maximum atomic E-state index is 12.1. The molecule has 0 unspecified atom stereocenters. The summed E-state index contributed by atoms with van der Waals surface area (Å²) in [5.74, 6) is -0.369. The SMILES string of the molecule is Cc1csc(CNC(=O)CN(c2ccccc2C)S(C)(=O)=O)n1. The van der Waals surface area contributed by atoms with Gasteiger partial charge >= 0.3 is 0 Å². The summed E-state index contributed by atoms with van der Waals surface area (Å²) in [5.41, 5.74) is 2.20. The van der Waals surface area contributed by atoms with Gasteiger partial charge in [-0.3, -0.25) is 9.10 Å². The average molecular weight is 353 g/mol. The van der Waals surface area contributed by atoms with E-state index in [-0.39, 0.29) is 12.5 Å². The van der Waals surface area contributed by atoms with Crippen molar-refractivity contribution in [1.82, 2.24) is 10.3 Å². The van der Waals surface area contributed by atoms with Crippen LogP contribution in [0.1, 0.15) is 16.3 Å². The molecule has 0 aliphatic heterocycles. The van der Waals surface area contributed by atoms with Crippen LogP contribution in [0.25, 0.3) is 0 Å². The zero-order chi connectivity index (χ0) is 17.0. The second-order valence-electron chi connectivity index (χ2n) is 5.22. The number of carbonyl (C=O) groups is 1. The minimum atomic E-state index is -3.55. The van der Waals surface area contributed by atoms with Crippen molar-refractivity contribution in [3.05, 3.63) is 45.9 Å². The van der Waals surface area contributed by atoms with E-state index in [1.165, 1.54) is 11.3 Å². The molecule has 23 heavy (non-hydrogen) atoms. The molecule has 0 aliphatic rings. The highest BCUT2D eigenvalue weighted by atomic mass is 32.2. The van der Waals surface area contributed by atoms with Crippen molar-refractivity contribution in [2.75, 3.05) is 17.1 Å². The van der Waals surface area contributed by atoms with Crippen LogP contribution >= 0.6 is 11.3 Å². The summed E-state index contributed by atoms with van der Waals surface area (Å²) in [5, 5.41) is 5.40. The van der Waals surface area contributed by atoms with Crippen molar-refractivity contribution in [2.45, 2.75) is 20.4 Å². The van der Waals surface area contributed by atoms with E-state index in [0.717, 1.165) is 26.8 Å². The van der Waals surface area contributed by atoms with Gasteiger partial charge in [-0.2, -0.15) is 0 Å². The summed E-state index contributed by atoms with van der Waals surface area (Å²) in [7, 11) is -3.55. The summed E-state index contributed by atoms with van der Waals surface area (Å²) >= 11 is 1.46. The topological polar surface area (TPSA) is 79.4 Å². The highest BCUT2D eigenvalue weighted by Crippen LogP contribution is 2.21. The van der Waals surface area contributed by atoms with Crippen molar-refractivity contribution in [3.8, 4) is 0 Å². The molecule has 0 aliphatic carbocycles. The standard InChI is InChI=1S/C15H19N3O3S2/c1-11-6-4-5-7-13(11)18(23(3,20)21)9-14(19)16-8-15-17-12(2)10-22-15/h4-7,10H,8-9H2,1-3H3,(H,16,19). The number of carbonyl (C=O) groups excluding carboxylic acids is 1. The molecule has 0 atom stereocenters. The summed E-state index contributed by atoms with van der Waals surface area (Å²) < 4.78 is 25.2. The Kier molecular flexibility index (Phi) is 5.38. The second-order valence-corrected chi connectivity index (χ2v) is 8.06. The van der Waals surface area contributed by atoms with E-state index in [4.69, 9.17) is 0 Å². The van der Waals surface area contributed by atoms with Gasteiger partial charge in [-0.15, -0.1) is 11.3 Å². The fraction of sp³-hybridized carbons (Fsp3) is 0.333. The number of para-hydroxylation sites is 1. The Morgan fingerprint density at radius 2 is 2.00 bits per heavy atom. The minimum absolute atomic E-state index is 0.256. The summed E-state index contributed by atoms with van der Waals surface area (Å²) in [6.45, 7) is 3.73. The summed E-state index contributed by atoms with van der Waals surface area (Å²) in [6, 6.07) is 7.07. The van der Waals surface area contributed by atoms with E-state index >= 15 is 0 Å². The molecule has 0 bridgehead atoms. The molecule has 1 N–H and O–H groups in total. The average Bonchev–Trinajstić information content (AvgIpc) is 2.88. The van der Waals surface area contributed by atoms with Gasteiger partial charge in [0.1, 0.15) is 11.6 Å². The number of amides is 1. The molecular formula is C15H19N3O3S2. The number of nitrogens with zero attached hydrogens (tertiary/aromatic N) is 2. The van der Waals surface area contributed by atoms with Crippen molar-refractivity contribution >= 4 is 33.0 Å². The van der Waals surface area contributed by atoms with E-state index in [0.29, 0.717) is 12.2 Å². The van der Waals surface area contributed by atoms with Gasteiger partial charge in [-0.25, -0.2) is 13.4 Å². The zero-order valence-electron chi connectivity index (χ0n) is 13.2. The van der Waals surface area contributed by atoms with Crippen molar-refractivity contribution < 1.29 is 13.2 Å². The van der Waals surface area contributed by atoms with E-state index in [9.17, 15) is 13.2 Å². The number of sulfonamides is 1. The van der Waals surface area contributed by atoms with Crippen molar-refractivity contribution in [3.63, 3.8) is 0 Å². The summed E-state index contributed by atoms with van der Waals surface area (Å²) in [4.78, 5) is 16.4. The lowest BCUT2D eigenvalue weighted by molar-refractivity contribution is -0.119. The molecule has 0 radical (unpaired) electrons. The number of hydrogen-bond acceptors (Lipinski definition) is 5. The number of aryl methyl sites for hydroxylation is 2. The van der Waals surface area contributed by atoms with Crippen molar-refractivity contribution in [2.24, 2.45) is 0 Å². The fourth-order valence-electron chi connectivity index (χ4n) is 2.07. The molecule has 2 rings (SSSR count). The molecule has 8 heteroatoms. The Bertz CT molecular complexity index is 800. The van der Waals surface area contributed by atoms with Crippen LogP contribution < -0.4 is 9.62 Å². The Morgan fingerprint density at radius 1 is 1.30 bits per heavy atom. The largest absolute Gasteiger partial charge is 0.348 e. The van der Waals surface area contributed by atoms with Crippen LogP contribution in [-0.4, -0.2) is 32.1 Å². The van der Waals surface area contributed by atoms with Crippen LogP contribution in [0, 0.1) is 13.8 Å². The predicted octanol–water partition coefficient (Wildman–Crippen LogP) is 1.84. The highest BCUT2D eigenvalue weighted by molar-refractivity contribution is 7.92. The molecular weight excluding hydrogens is 334 g/mol. The van der Waals surface area contributed by atoms with Crippen molar-refractivity contribution in [1.29, 1.82) is 0 Å². The van der Waals surface area contributed by atoms with Gasteiger partial charge in [0.15, 0.2) is 0 Å². The van der Waals surface area contributed by atoms with Gasteiger partial charge in [0, 0.05) is 11.1 Å². The molecule has 2 aromatic rings.